The van der Waals surface area contributed by atoms with E-state index < -0.39 is 9.84 Å². The van der Waals surface area contributed by atoms with Crippen LogP contribution >= 0.6 is 0 Å². The van der Waals surface area contributed by atoms with Crippen LogP contribution in [-0.2, 0) is 9.84 Å². The first-order chi connectivity index (χ1) is 9.70. The Kier molecular flexibility index (Phi) is 4.63. The third-order valence-electron chi connectivity index (χ3n) is 4.40. The Morgan fingerprint density at radius 1 is 1.24 bits per heavy atom. The predicted octanol–water partition coefficient (Wildman–Crippen LogP) is 2.17. The fraction of sp³-hybridized carbons (Fsp3) is 0.625. The number of anilines is 1. The van der Waals surface area contributed by atoms with Crippen LogP contribution in [0.3, 0.4) is 0 Å². The van der Waals surface area contributed by atoms with Crippen LogP contribution in [0.4, 0.5) is 5.69 Å². The van der Waals surface area contributed by atoms with Crippen molar-refractivity contribution >= 4 is 15.5 Å². The lowest BCUT2D eigenvalue weighted by Crippen LogP contribution is -2.53. The van der Waals surface area contributed by atoms with Gasteiger partial charge >= 0.3 is 0 Å². The number of likely N-dealkylation sites (N-methyl/N-ethyl adjacent to an activating group) is 1. The summed E-state index contributed by atoms with van der Waals surface area (Å²) in [5, 5.41) is 0. The van der Waals surface area contributed by atoms with Crippen LogP contribution in [0.25, 0.3) is 0 Å². The summed E-state index contributed by atoms with van der Waals surface area (Å²) in [5.74, 6) is 0.581. The molecule has 0 amide bonds. The van der Waals surface area contributed by atoms with Crippen LogP contribution in [0.5, 0.6) is 0 Å². The maximum absolute atomic E-state index is 11.9. The Bertz CT molecular complexity index is 611. The Labute approximate surface area is 128 Å². The Morgan fingerprint density at radius 3 is 2.48 bits per heavy atom. The summed E-state index contributed by atoms with van der Waals surface area (Å²) in [6.45, 7) is 9.21. The molecular weight excluding hydrogens is 284 g/mol. The minimum absolute atomic E-state index is 0.444. The Morgan fingerprint density at radius 2 is 1.90 bits per heavy atom. The first-order valence-corrected chi connectivity index (χ1v) is 9.35. The molecule has 1 aromatic carbocycles. The molecule has 0 aliphatic carbocycles. The molecule has 1 aliphatic heterocycles. The molecule has 5 heteroatoms. The zero-order valence-electron chi connectivity index (χ0n) is 13.6. The van der Waals surface area contributed by atoms with Crippen LogP contribution in [0.15, 0.2) is 23.1 Å². The summed E-state index contributed by atoms with van der Waals surface area (Å²) in [4.78, 5) is 5.14. The van der Waals surface area contributed by atoms with Crippen LogP contribution < -0.4 is 4.90 Å². The van der Waals surface area contributed by atoms with Crippen molar-refractivity contribution in [2.75, 3.05) is 37.8 Å². The average molecular weight is 310 g/mol. The molecule has 0 spiro atoms. The van der Waals surface area contributed by atoms with Gasteiger partial charge in [0.25, 0.3) is 0 Å². The van der Waals surface area contributed by atoms with E-state index in [1.807, 2.05) is 25.1 Å². The van der Waals surface area contributed by atoms with E-state index in [-0.39, 0.29) is 0 Å². The molecule has 118 valence electrons. The highest BCUT2D eigenvalue weighted by Crippen LogP contribution is 2.26. The number of hydrogen-bond acceptors (Lipinski definition) is 4. The van der Waals surface area contributed by atoms with E-state index in [0.29, 0.717) is 16.9 Å². The molecule has 1 aliphatic rings. The van der Waals surface area contributed by atoms with E-state index in [4.69, 9.17) is 0 Å². The maximum atomic E-state index is 11.9. The van der Waals surface area contributed by atoms with Crippen molar-refractivity contribution in [2.45, 2.75) is 31.7 Å². The fourth-order valence-corrected chi connectivity index (χ4v) is 4.03. The highest BCUT2D eigenvalue weighted by atomic mass is 32.2. The molecule has 0 saturated carbocycles. The first kappa shape index (κ1) is 16.3. The molecule has 2 rings (SSSR count). The number of sulfone groups is 1. The number of benzene rings is 1. The van der Waals surface area contributed by atoms with Gasteiger partial charge in [-0.25, -0.2) is 8.42 Å². The van der Waals surface area contributed by atoms with Crippen LogP contribution in [0.1, 0.15) is 19.4 Å². The topological polar surface area (TPSA) is 40.6 Å². The van der Waals surface area contributed by atoms with Gasteiger partial charge in [-0.2, -0.15) is 0 Å². The third kappa shape index (κ3) is 3.58. The third-order valence-corrected chi connectivity index (χ3v) is 5.64. The summed E-state index contributed by atoms with van der Waals surface area (Å²) in [6.07, 6.45) is 1.28. The van der Waals surface area contributed by atoms with Gasteiger partial charge in [-0.15, -0.1) is 0 Å². The lowest BCUT2D eigenvalue weighted by Gasteiger charge is -2.42. The molecule has 4 nitrogen and oxygen atoms in total. The van der Waals surface area contributed by atoms with Crippen molar-refractivity contribution in [3.05, 3.63) is 23.8 Å². The standard InChI is InChI=1S/C16H26N2O2S/c1-12(2)15-11-18(9-8-17(15)4)14-7-6-13(3)16(10-14)21(5,19)20/h6-7,10,12,15H,8-9,11H2,1-5H3/t15-/m0/s1. The second-order valence-corrected chi connectivity index (χ2v) is 8.44. The zero-order chi connectivity index (χ0) is 15.8. The first-order valence-electron chi connectivity index (χ1n) is 7.46. The molecule has 0 aromatic heterocycles. The van der Waals surface area contributed by atoms with Gasteiger partial charge < -0.3 is 4.90 Å². The van der Waals surface area contributed by atoms with Gasteiger partial charge in [0, 0.05) is 37.6 Å². The van der Waals surface area contributed by atoms with Gasteiger partial charge in [-0.1, -0.05) is 19.9 Å². The number of aryl methyl sites for hydroxylation is 1. The van der Waals surface area contributed by atoms with E-state index >= 15 is 0 Å². The SMILES string of the molecule is Cc1ccc(N2CCN(C)[C@H](C(C)C)C2)cc1S(C)(=O)=O. The largest absolute Gasteiger partial charge is 0.369 e. The van der Waals surface area contributed by atoms with E-state index in [1.165, 1.54) is 6.26 Å². The van der Waals surface area contributed by atoms with Gasteiger partial charge in [0.05, 0.1) is 4.90 Å². The summed E-state index contributed by atoms with van der Waals surface area (Å²) in [6, 6.07) is 6.27. The summed E-state index contributed by atoms with van der Waals surface area (Å²) in [7, 11) is -1.01. The van der Waals surface area contributed by atoms with Gasteiger partial charge in [0.15, 0.2) is 9.84 Å². The van der Waals surface area contributed by atoms with Gasteiger partial charge in [-0.3, -0.25) is 4.90 Å². The molecule has 1 aromatic rings. The van der Waals surface area contributed by atoms with Crippen molar-refractivity contribution in [3.8, 4) is 0 Å². The maximum Gasteiger partial charge on any atom is 0.175 e. The molecule has 1 atom stereocenters. The minimum atomic E-state index is -3.17. The van der Waals surface area contributed by atoms with E-state index in [9.17, 15) is 8.42 Å². The van der Waals surface area contributed by atoms with Crippen molar-refractivity contribution in [2.24, 2.45) is 5.92 Å². The van der Waals surface area contributed by atoms with Crippen LogP contribution in [0.2, 0.25) is 0 Å². The van der Waals surface area contributed by atoms with Gasteiger partial charge in [0.2, 0.25) is 0 Å². The molecule has 1 heterocycles. The lowest BCUT2D eigenvalue weighted by molar-refractivity contribution is 0.173. The molecule has 0 radical (unpaired) electrons. The lowest BCUT2D eigenvalue weighted by atomic mass is 10.00. The van der Waals surface area contributed by atoms with E-state index in [1.54, 1.807) is 0 Å². The van der Waals surface area contributed by atoms with Crippen LogP contribution in [-0.4, -0.2) is 52.3 Å². The molecule has 0 bridgehead atoms. The number of nitrogens with zero attached hydrogens (tertiary/aromatic N) is 2. The van der Waals surface area contributed by atoms with E-state index in [2.05, 4.69) is 30.7 Å². The van der Waals surface area contributed by atoms with Crippen molar-refractivity contribution < 1.29 is 8.42 Å². The van der Waals surface area contributed by atoms with Gasteiger partial charge in [-0.05, 0) is 37.6 Å². The highest BCUT2D eigenvalue weighted by molar-refractivity contribution is 7.90. The van der Waals surface area contributed by atoms with Crippen molar-refractivity contribution in [3.63, 3.8) is 0 Å². The Balaban J connectivity index is 2.31. The summed E-state index contributed by atoms with van der Waals surface area (Å²) >= 11 is 0. The summed E-state index contributed by atoms with van der Waals surface area (Å²) < 4.78 is 23.8. The average Bonchev–Trinajstić information content (AvgIpc) is 2.38. The molecule has 21 heavy (non-hydrogen) atoms. The number of hydrogen-bond donors (Lipinski definition) is 0. The number of piperazine rings is 1. The van der Waals surface area contributed by atoms with Crippen molar-refractivity contribution in [1.82, 2.24) is 4.90 Å². The fourth-order valence-electron chi connectivity index (χ4n) is 3.04. The van der Waals surface area contributed by atoms with Crippen molar-refractivity contribution in [1.29, 1.82) is 0 Å². The highest BCUT2D eigenvalue weighted by Gasteiger charge is 2.27. The number of rotatable bonds is 3. The zero-order valence-corrected chi connectivity index (χ0v) is 14.4. The second kappa shape index (κ2) is 5.97. The quantitative estimate of drug-likeness (QED) is 0.858. The monoisotopic (exact) mass is 310 g/mol. The van der Waals surface area contributed by atoms with E-state index in [0.717, 1.165) is 30.9 Å². The predicted molar refractivity (Wildman–Crippen MR) is 87.8 cm³/mol. The Hall–Kier alpha value is -1.07. The van der Waals surface area contributed by atoms with Gasteiger partial charge in [0.1, 0.15) is 0 Å². The molecule has 1 saturated heterocycles. The normalized spacial score (nSPS) is 21.0. The molecule has 0 unspecified atom stereocenters. The van der Waals surface area contributed by atoms with Crippen LogP contribution in [0, 0.1) is 12.8 Å². The molecule has 0 N–H and O–H groups in total. The summed E-state index contributed by atoms with van der Waals surface area (Å²) in [5.41, 5.74) is 1.83. The molecule has 1 fully saturated rings. The minimum Gasteiger partial charge on any atom is -0.369 e. The smallest absolute Gasteiger partial charge is 0.175 e. The second-order valence-electron chi connectivity index (χ2n) is 6.46. The molecular formula is C16H26N2O2S.